The van der Waals surface area contributed by atoms with Crippen LogP contribution in [0.2, 0.25) is 0 Å². The van der Waals surface area contributed by atoms with Crippen LogP contribution >= 0.6 is 0 Å². The zero-order chi connectivity index (χ0) is 17.0. The molecular weight excluding hydrogens is 290 g/mol. The molecule has 0 aliphatic heterocycles. The maximum atomic E-state index is 12.2. The van der Waals surface area contributed by atoms with Crippen molar-refractivity contribution in [3.05, 3.63) is 28.8 Å². The Morgan fingerprint density at radius 3 is 2.43 bits per heavy atom. The summed E-state index contributed by atoms with van der Waals surface area (Å²) < 4.78 is 0. The third-order valence-electron chi connectivity index (χ3n) is 4.66. The van der Waals surface area contributed by atoms with Gasteiger partial charge in [-0.2, -0.15) is 0 Å². The van der Waals surface area contributed by atoms with Crippen LogP contribution in [-0.2, 0) is 9.59 Å². The minimum atomic E-state index is -0.198. The molecule has 2 rings (SSSR count). The van der Waals surface area contributed by atoms with E-state index >= 15 is 0 Å². The fourth-order valence-electron chi connectivity index (χ4n) is 3.52. The fraction of sp³-hybridized carbons (Fsp3) is 0.556. The summed E-state index contributed by atoms with van der Waals surface area (Å²) in [6.45, 7) is 6.50. The standard InChI is InChI=1S/C18H27N3O2/c1-11-7-12(2)17(13(3)8-11)21-16(22)10-20-18(23)15-6-4-5-14(15)9-19/h7-8,14-15H,4-6,9-10,19H2,1-3H3,(H,20,23)(H,21,22)/t14-,15-/m1/s1. The second-order valence-corrected chi connectivity index (χ2v) is 6.57. The molecule has 1 aromatic carbocycles. The predicted octanol–water partition coefficient (Wildman–Crippen LogP) is 2.04. The number of anilines is 1. The quantitative estimate of drug-likeness (QED) is 0.777. The highest BCUT2D eigenvalue weighted by Gasteiger charge is 2.31. The molecule has 5 heteroatoms. The van der Waals surface area contributed by atoms with Gasteiger partial charge >= 0.3 is 0 Å². The zero-order valence-corrected chi connectivity index (χ0v) is 14.2. The molecule has 2 atom stereocenters. The van der Waals surface area contributed by atoms with Crippen LogP contribution in [0.4, 0.5) is 5.69 Å². The van der Waals surface area contributed by atoms with Gasteiger partial charge in [0.1, 0.15) is 0 Å². The Hall–Kier alpha value is -1.88. The number of hydrogen-bond donors (Lipinski definition) is 3. The molecule has 1 fully saturated rings. The van der Waals surface area contributed by atoms with Crippen molar-refractivity contribution in [3.8, 4) is 0 Å². The van der Waals surface area contributed by atoms with Crippen molar-refractivity contribution in [2.24, 2.45) is 17.6 Å². The molecule has 0 heterocycles. The smallest absolute Gasteiger partial charge is 0.243 e. The minimum Gasteiger partial charge on any atom is -0.347 e. The number of carbonyl (C=O) groups excluding carboxylic acids is 2. The first kappa shape index (κ1) is 17.5. The van der Waals surface area contributed by atoms with Gasteiger partial charge in [-0.25, -0.2) is 0 Å². The predicted molar refractivity (Wildman–Crippen MR) is 92.2 cm³/mol. The largest absolute Gasteiger partial charge is 0.347 e. The number of rotatable bonds is 5. The van der Waals surface area contributed by atoms with Gasteiger partial charge in [-0.3, -0.25) is 9.59 Å². The van der Waals surface area contributed by atoms with E-state index in [9.17, 15) is 9.59 Å². The molecule has 23 heavy (non-hydrogen) atoms. The van der Waals surface area contributed by atoms with Crippen molar-refractivity contribution < 1.29 is 9.59 Å². The molecule has 0 unspecified atom stereocenters. The van der Waals surface area contributed by atoms with Crippen LogP contribution in [0, 0.1) is 32.6 Å². The van der Waals surface area contributed by atoms with Gasteiger partial charge in [0.15, 0.2) is 0 Å². The number of hydrogen-bond acceptors (Lipinski definition) is 3. The molecule has 0 bridgehead atoms. The summed E-state index contributed by atoms with van der Waals surface area (Å²) in [5.74, 6) is -0.0450. The number of nitrogens with one attached hydrogen (secondary N) is 2. The monoisotopic (exact) mass is 317 g/mol. The maximum absolute atomic E-state index is 12.2. The lowest BCUT2D eigenvalue weighted by Gasteiger charge is -2.18. The third kappa shape index (κ3) is 4.32. The van der Waals surface area contributed by atoms with Gasteiger partial charge in [0.05, 0.1) is 6.54 Å². The van der Waals surface area contributed by atoms with Crippen LogP contribution in [0.5, 0.6) is 0 Å². The molecule has 126 valence electrons. The van der Waals surface area contributed by atoms with Crippen molar-refractivity contribution in [1.29, 1.82) is 0 Å². The Morgan fingerprint density at radius 1 is 1.17 bits per heavy atom. The summed E-state index contributed by atoms with van der Waals surface area (Å²) in [7, 11) is 0. The van der Waals surface area contributed by atoms with E-state index in [1.807, 2.05) is 32.9 Å². The van der Waals surface area contributed by atoms with Crippen molar-refractivity contribution in [2.45, 2.75) is 40.0 Å². The third-order valence-corrected chi connectivity index (χ3v) is 4.66. The van der Waals surface area contributed by atoms with Gasteiger partial charge in [-0.1, -0.05) is 24.1 Å². The average Bonchev–Trinajstić information content (AvgIpc) is 2.97. The molecule has 1 aromatic rings. The molecule has 0 saturated heterocycles. The average molecular weight is 317 g/mol. The van der Waals surface area contributed by atoms with Crippen LogP contribution in [-0.4, -0.2) is 24.9 Å². The van der Waals surface area contributed by atoms with E-state index in [0.29, 0.717) is 6.54 Å². The van der Waals surface area contributed by atoms with Gasteiger partial charge in [-0.15, -0.1) is 0 Å². The lowest BCUT2D eigenvalue weighted by atomic mass is 9.95. The van der Waals surface area contributed by atoms with E-state index in [1.165, 1.54) is 5.56 Å². The van der Waals surface area contributed by atoms with Crippen LogP contribution in [0.25, 0.3) is 0 Å². The lowest BCUT2D eigenvalue weighted by molar-refractivity contribution is -0.128. The molecule has 4 N–H and O–H groups in total. The van der Waals surface area contributed by atoms with Crippen molar-refractivity contribution in [3.63, 3.8) is 0 Å². The summed E-state index contributed by atoms with van der Waals surface area (Å²) >= 11 is 0. The first-order chi connectivity index (χ1) is 10.9. The first-order valence-corrected chi connectivity index (χ1v) is 8.28. The van der Waals surface area contributed by atoms with Gasteiger partial charge in [0, 0.05) is 11.6 Å². The molecular formula is C18H27N3O2. The summed E-state index contributed by atoms with van der Waals surface area (Å²) in [6, 6.07) is 4.07. The van der Waals surface area contributed by atoms with Crippen LogP contribution < -0.4 is 16.4 Å². The normalized spacial score (nSPS) is 20.3. The Labute approximate surface area is 138 Å². The van der Waals surface area contributed by atoms with Crippen molar-refractivity contribution in [2.75, 3.05) is 18.4 Å². The van der Waals surface area contributed by atoms with Crippen LogP contribution in [0.15, 0.2) is 12.1 Å². The second-order valence-electron chi connectivity index (χ2n) is 6.57. The van der Waals surface area contributed by atoms with Gasteiger partial charge in [0.25, 0.3) is 0 Å². The Kier molecular flexibility index (Phi) is 5.77. The second kappa shape index (κ2) is 7.59. The van der Waals surface area contributed by atoms with E-state index in [-0.39, 0.29) is 30.2 Å². The molecule has 1 aliphatic carbocycles. The number of benzene rings is 1. The first-order valence-electron chi connectivity index (χ1n) is 8.28. The molecule has 5 nitrogen and oxygen atoms in total. The Morgan fingerprint density at radius 2 is 1.83 bits per heavy atom. The Balaban J connectivity index is 1.89. The highest BCUT2D eigenvalue weighted by atomic mass is 16.2. The van der Waals surface area contributed by atoms with Gasteiger partial charge in [-0.05, 0) is 57.2 Å². The molecule has 0 aromatic heterocycles. The van der Waals surface area contributed by atoms with Gasteiger partial charge in [0.2, 0.25) is 11.8 Å². The van der Waals surface area contributed by atoms with E-state index in [2.05, 4.69) is 10.6 Å². The van der Waals surface area contributed by atoms with Gasteiger partial charge < -0.3 is 16.4 Å². The summed E-state index contributed by atoms with van der Waals surface area (Å²) in [4.78, 5) is 24.3. The van der Waals surface area contributed by atoms with Crippen molar-refractivity contribution in [1.82, 2.24) is 5.32 Å². The van der Waals surface area contributed by atoms with Crippen molar-refractivity contribution >= 4 is 17.5 Å². The summed E-state index contributed by atoms with van der Waals surface area (Å²) in [6.07, 6.45) is 2.90. The van der Waals surface area contributed by atoms with E-state index in [1.54, 1.807) is 0 Å². The van der Waals surface area contributed by atoms with Crippen LogP contribution in [0.3, 0.4) is 0 Å². The minimum absolute atomic E-state index is 0.000614. The number of nitrogens with two attached hydrogens (primary N) is 1. The highest BCUT2D eigenvalue weighted by Crippen LogP contribution is 2.30. The summed E-state index contributed by atoms with van der Waals surface area (Å²) in [5.41, 5.74) is 9.76. The molecule has 2 amide bonds. The summed E-state index contributed by atoms with van der Waals surface area (Å²) in [5, 5.41) is 5.65. The zero-order valence-electron chi connectivity index (χ0n) is 14.2. The maximum Gasteiger partial charge on any atom is 0.243 e. The number of carbonyl (C=O) groups is 2. The lowest BCUT2D eigenvalue weighted by Crippen LogP contribution is -2.39. The van der Waals surface area contributed by atoms with E-state index in [0.717, 1.165) is 36.1 Å². The van der Waals surface area contributed by atoms with E-state index in [4.69, 9.17) is 5.73 Å². The molecule has 0 radical (unpaired) electrons. The highest BCUT2D eigenvalue weighted by molar-refractivity contribution is 5.96. The topological polar surface area (TPSA) is 84.2 Å². The van der Waals surface area contributed by atoms with E-state index < -0.39 is 0 Å². The molecule has 1 saturated carbocycles. The molecule has 1 aliphatic rings. The fourth-order valence-corrected chi connectivity index (χ4v) is 3.52. The SMILES string of the molecule is Cc1cc(C)c(NC(=O)CNC(=O)[C@@H]2CCC[C@@H]2CN)c(C)c1. The number of amides is 2. The molecule has 0 spiro atoms. The number of aryl methyl sites for hydroxylation is 3. The Bertz CT molecular complexity index is 575. The van der Waals surface area contributed by atoms with Crippen LogP contribution in [0.1, 0.15) is 36.0 Å².